The van der Waals surface area contributed by atoms with Crippen molar-refractivity contribution < 1.29 is 18.8 Å². The number of nitrogens with zero attached hydrogens (tertiary/aromatic N) is 1. The van der Waals surface area contributed by atoms with Crippen molar-refractivity contribution in [3.63, 3.8) is 0 Å². The molecule has 0 unspecified atom stereocenters. The Morgan fingerprint density at radius 3 is 2.72 bits per heavy atom. The van der Waals surface area contributed by atoms with Crippen LogP contribution >= 0.6 is 0 Å². The van der Waals surface area contributed by atoms with Gasteiger partial charge in [0.1, 0.15) is 11.3 Å². The molecule has 18 heavy (non-hydrogen) atoms. The first kappa shape index (κ1) is 11.9. The summed E-state index contributed by atoms with van der Waals surface area (Å²) in [4.78, 5) is 24.7. The molecule has 0 bridgehead atoms. The molecule has 0 fully saturated rings. The number of carbonyl (C=O) groups is 1. The minimum absolute atomic E-state index is 0.259. The van der Waals surface area contributed by atoms with E-state index in [1.54, 1.807) is 12.1 Å². The van der Waals surface area contributed by atoms with Crippen LogP contribution in [0.3, 0.4) is 0 Å². The van der Waals surface area contributed by atoms with Crippen LogP contribution in [0.4, 0.5) is 0 Å². The molecule has 0 atom stereocenters. The Morgan fingerprint density at radius 2 is 2.17 bits per heavy atom. The van der Waals surface area contributed by atoms with Gasteiger partial charge in [-0.05, 0) is 12.1 Å². The Kier molecular flexibility index (Phi) is 3.13. The average Bonchev–Trinajstić information content (AvgIpc) is 2.83. The largest absolute Gasteiger partial charge is 0.496 e. The fourth-order valence-corrected chi connectivity index (χ4v) is 1.47. The van der Waals surface area contributed by atoms with Gasteiger partial charge in [0.05, 0.1) is 14.2 Å². The van der Waals surface area contributed by atoms with E-state index in [2.05, 4.69) is 19.4 Å². The van der Waals surface area contributed by atoms with E-state index < -0.39 is 11.7 Å². The maximum Gasteiger partial charge on any atom is 0.439 e. The molecule has 2 aromatic rings. The Labute approximate surface area is 101 Å². The predicted molar refractivity (Wildman–Crippen MR) is 60.5 cm³/mol. The summed E-state index contributed by atoms with van der Waals surface area (Å²) in [7, 11) is 2.71. The molecule has 1 aromatic heterocycles. The molecular weight excluding hydrogens is 240 g/mol. The number of ether oxygens (including phenoxy) is 2. The summed E-state index contributed by atoms with van der Waals surface area (Å²) in [5, 5.41) is 3.54. The third-order valence-electron chi connectivity index (χ3n) is 2.32. The lowest BCUT2D eigenvalue weighted by atomic mass is 10.1. The number of rotatable bonds is 3. The van der Waals surface area contributed by atoms with Gasteiger partial charge >= 0.3 is 11.7 Å². The fraction of sp³-hybridized carbons (Fsp3) is 0.182. The van der Waals surface area contributed by atoms with E-state index in [-0.39, 0.29) is 11.4 Å². The Bertz CT molecular complexity index is 628. The lowest BCUT2D eigenvalue weighted by molar-refractivity contribution is 0.0597. The molecule has 2 rings (SSSR count). The van der Waals surface area contributed by atoms with Crippen LogP contribution < -0.4 is 10.5 Å². The summed E-state index contributed by atoms with van der Waals surface area (Å²) >= 11 is 0. The monoisotopic (exact) mass is 250 g/mol. The number of hydrogen-bond acceptors (Lipinski definition) is 6. The first-order valence-electron chi connectivity index (χ1n) is 4.98. The maximum absolute atomic E-state index is 11.5. The number of nitrogens with one attached hydrogen (secondary N) is 1. The molecule has 7 heteroatoms. The van der Waals surface area contributed by atoms with Gasteiger partial charge in [-0.3, -0.25) is 9.51 Å². The van der Waals surface area contributed by atoms with E-state index in [4.69, 9.17) is 4.74 Å². The van der Waals surface area contributed by atoms with Crippen LogP contribution in [0.15, 0.2) is 27.5 Å². The molecule has 0 saturated heterocycles. The van der Waals surface area contributed by atoms with E-state index in [1.165, 1.54) is 20.3 Å². The maximum atomic E-state index is 11.5. The van der Waals surface area contributed by atoms with E-state index in [0.29, 0.717) is 11.3 Å². The van der Waals surface area contributed by atoms with Gasteiger partial charge in [-0.25, -0.2) is 9.59 Å². The van der Waals surface area contributed by atoms with Crippen LogP contribution in [-0.4, -0.2) is 30.3 Å². The molecule has 1 heterocycles. The smallest absolute Gasteiger partial charge is 0.439 e. The van der Waals surface area contributed by atoms with E-state index in [1.807, 2.05) is 0 Å². The predicted octanol–water partition coefficient (Wildman–Crippen LogP) is 0.825. The highest BCUT2D eigenvalue weighted by molar-refractivity contribution is 5.93. The van der Waals surface area contributed by atoms with Crippen molar-refractivity contribution in [2.24, 2.45) is 0 Å². The van der Waals surface area contributed by atoms with Gasteiger partial charge in [0, 0.05) is 5.56 Å². The minimum atomic E-state index is -0.652. The minimum Gasteiger partial charge on any atom is -0.496 e. The van der Waals surface area contributed by atoms with Gasteiger partial charge in [0.25, 0.3) is 0 Å². The summed E-state index contributed by atoms with van der Waals surface area (Å²) in [5.74, 6) is -0.578. The van der Waals surface area contributed by atoms with Gasteiger partial charge in [-0.2, -0.15) is 0 Å². The van der Waals surface area contributed by atoms with Crippen LogP contribution in [0, 0.1) is 0 Å². The van der Waals surface area contributed by atoms with Gasteiger partial charge in [-0.1, -0.05) is 11.2 Å². The lowest BCUT2D eigenvalue weighted by Gasteiger charge is -2.07. The van der Waals surface area contributed by atoms with Gasteiger partial charge in [-0.15, -0.1) is 0 Å². The molecule has 0 saturated carbocycles. The summed E-state index contributed by atoms with van der Waals surface area (Å²) in [6.45, 7) is 0. The molecule has 0 radical (unpaired) electrons. The standard InChI is InChI=1S/C11H10N2O5/c1-16-8-5-6(9-12-11(15)18-13-9)3-4-7(8)10(14)17-2/h3-5H,1-2H3,(H,12,13,15). The summed E-state index contributed by atoms with van der Waals surface area (Å²) in [6.07, 6.45) is 0. The topological polar surface area (TPSA) is 94.4 Å². The van der Waals surface area contributed by atoms with Gasteiger partial charge < -0.3 is 9.47 Å². The van der Waals surface area contributed by atoms with E-state index >= 15 is 0 Å². The highest BCUT2D eigenvalue weighted by atomic mass is 16.5. The van der Waals surface area contributed by atoms with Crippen LogP contribution in [0.25, 0.3) is 11.4 Å². The Hall–Kier alpha value is -2.57. The second-order valence-electron chi connectivity index (χ2n) is 3.35. The van der Waals surface area contributed by atoms with Crippen molar-refractivity contribution in [2.75, 3.05) is 14.2 Å². The quantitative estimate of drug-likeness (QED) is 0.810. The third kappa shape index (κ3) is 2.10. The van der Waals surface area contributed by atoms with Crippen LogP contribution in [0.5, 0.6) is 5.75 Å². The molecule has 0 spiro atoms. The van der Waals surface area contributed by atoms with Crippen molar-refractivity contribution >= 4 is 5.97 Å². The van der Waals surface area contributed by atoms with Crippen LogP contribution in [-0.2, 0) is 4.74 Å². The number of benzene rings is 1. The molecular formula is C11H10N2O5. The molecule has 0 amide bonds. The molecule has 94 valence electrons. The first-order valence-corrected chi connectivity index (χ1v) is 4.98. The van der Waals surface area contributed by atoms with Gasteiger partial charge in [0.2, 0.25) is 0 Å². The third-order valence-corrected chi connectivity index (χ3v) is 2.32. The average molecular weight is 250 g/mol. The number of esters is 1. The molecule has 0 aliphatic rings. The van der Waals surface area contributed by atoms with E-state index in [9.17, 15) is 9.59 Å². The number of aromatic amines is 1. The number of H-pyrrole nitrogens is 1. The number of aromatic nitrogens is 2. The Morgan fingerprint density at radius 1 is 1.39 bits per heavy atom. The summed E-state index contributed by atoms with van der Waals surface area (Å²) in [5.41, 5.74) is 0.847. The molecule has 1 N–H and O–H groups in total. The molecule has 7 nitrogen and oxygen atoms in total. The zero-order valence-electron chi connectivity index (χ0n) is 9.72. The normalized spacial score (nSPS) is 10.1. The summed E-state index contributed by atoms with van der Waals surface area (Å²) < 4.78 is 14.1. The molecule has 1 aromatic carbocycles. The fourth-order valence-electron chi connectivity index (χ4n) is 1.47. The Balaban J connectivity index is 2.47. The van der Waals surface area contributed by atoms with Crippen molar-refractivity contribution in [3.8, 4) is 17.1 Å². The SMILES string of the molecule is COC(=O)c1ccc(-c2noc(=O)[nH]2)cc1OC. The van der Waals surface area contributed by atoms with Crippen molar-refractivity contribution in [1.82, 2.24) is 10.1 Å². The number of hydrogen-bond donors (Lipinski definition) is 1. The van der Waals surface area contributed by atoms with Gasteiger partial charge in [0.15, 0.2) is 5.82 Å². The highest BCUT2D eigenvalue weighted by Gasteiger charge is 2.15. The molecule has 0 aliphatic heterocycles. The second-order valence-corrected chi connectivity index (χ2v) is 3.35. The van der Waals surface area contributed by atoms with Crippen molar-refractivity contribution in [3.05, 3.63) is 34.3 Å². The molecule has 0 aliphatic carbocycles. The van der Waals surface area contributed by atoms with Crippen LogP contribution in [0.1, 0.15) is 10.4 Å². The lowest BCUT2D eigenvalue weighted by Crippen LogP contribution is -2.04. The van der Waals surface area contributed by atoms with Crippen LogP contribution in [0.2, 0.25) is 0 Å². The number of carbonyl (C=O) groups excluding carboxylic acids is 1. The zero-order chi connectivity index (χ0) is 13.1. The van der Waals surface area contributed by atoms with Crippen molar-refractivity contribution in [2.45, 2.75) is 0 Å². The summed E-state index contributed by atoms with van der Waals surface area (Å²) in [6, 6.07) is 4.68. The second kappa shape index (κ2) is 4.74. The first-order chi connectivity index (χ1) is 8.65. The van der Waals surface area contributed by atoms with E-state index in [0.717, 1.165) is 0 Å². The number of methoxy groups -OCH3 is 2. The van der Waals surface area contributed by atoms with Crippen molar-refractivity contribution in [1.29, 1.82) is 0 Å². The zero-order valence-corrected chi connectivity index (χ0v) is 9.72. The highest BCUT2D eigenvalue weighted by Crippen LogP contribution is 2.25.